The zero-order valence-electron chi connectivity index (χ0n) is 18.5. The highest BCUT2D eigenvalue weighted by atomic mass is 16.2. The number of benzene rings is 2. The summed E-state index contributed by atoms with van der Waals surface area (Å²) < 4.78 is 1.98. The Balaban J connectivity index is 1.33. The highest BCUT2D eigenvalue weighted by molar-refractivity contribution is 6.05. The lowest BCUT2D eigenvalue weighted by atomic mass is 10.0. The zero-order chi connectivity index (χ0) is 23.4. The van der Waals surface area contributed by atoms with Gasteiger partial charge in [0.1, 0.15) is 11.9 Å². The molecular weight excluding hydrogens is 430 g/mol. The van der Waals surface area contributed by atoms with Crippen LogP contribution >= 0.6 is 0 Å². The largest absolute Gasteiger partial charge is 0.333 e. The maximum absolute atomic E-state index is 13.0. The van der Waals surface area contributed by atoms with Gasteiger partial charge in [0, 0.05) is 60.7 Å². The SMILES string of the molecule is Cn1cc(-c2ccc3c(c2)CN(C2CCC(=O)NC2=O)C3=O)nc1-c1cncc2ccccc12. The van der Waals surface area contributed by atoms with Gasteiger partial charge in [-0.25, -0.2) is 4.98 Å². The lowest BCUT2D eigenvalue weighted by Gasteiger charge is -2.29. The average molecular weight is 451 g/mol. The summed E-state index contributed by atoms with van der Waals surface area (Å²) >= 11 is 0. The number of pyridine rings is 1. The van der Waals surface area contributed by atoms with Crippen LogP contribution in [0.5, 0.6) is 0 Å². The minimum absolute atomic E-state index is 0.181. The summed E-state index contributed by atoms with van der Waals surface area (Å²) in [5.41, 5.74) is 4.08. The first kappa shape index (κ1) is 20.3. The molecule has 0 bridgehead atoms. The quantitative estimate of drug-likeness (QED) is 0.483. The molecule has 1 fully saturated rings. The van der Waals surface area contributed by atoms with E-state index in [4.69, 9.17) is 4.98 Å². The maximum atomic E-state index is 13.0. The zero-order valence-corrected chi connectivity index (χ0v) is 18.5. The van der Waals surface area contributed by atoms with E-state index in [9.17, 15) is 14.4 Å². The van der Waals surface area contributed by atoms with Crippen LogP contribution in [-0.4, -0.2) is 43.2 Å². The standard InChI is InChI=1S/C26H21N5O3/c1-30-14-21(28-24(30)20-12-27-11-16-4-2-3-5-18(16)20)15-6-7-19-17(10-15)13-31(26(19)34)22-8-9-23(32)29-25(22)33/h2-7,10-12,14,22H,8-9,13H2,1H3,(H,29,32,33). The number of imide groups is 1. The van der Waals surface area contributed by atoms with Gasteiger partial charge in [0.05, 0.1) is 5.69 Å². The molecule has 8 nitrogen and oxygen atoms in total. The van der Waals surface area contributed by atoms with Gasteiger partial charge in [-0.05, 0) is 29.5 Å². The van der Waals surface area contributed by atoms with Crippen LogP contribution in [0.3, 0.4) is 0 Å². The van der Waals surface area contributed by atoms with Gasteiger partial charge in [0.15, 0.2) is 0 Å². The van der Waals surface area contributed by atoms with Gasteiger partial charge in [-0.3, -0.25) is 24.7 Å². The molecule has 1 unspecified atom stereocenters. The molecule has 0 spiro atoms. The maximum Gasteiger partial charge on any atom is 0.255 e. The Kier molecular flexibility index (Phi) is 4.55. The Bertz CT molecular complexity index is 1500. The first-order valence-corrected chi connectivity index (χ1v) is 11.1. The number of imidazole rings is 1. The molecule has 1 N–H and O–H groups in total. The molecule has 2 aliphatic heterocycles. The number of hydrogen-bond acceptors (Lipinski definition) is 5. The molecule has 34 heavy (non-hydrogen) atoms. The van der Waals surface area contributed by atoms with Gasteiger partial charge >= 0.3 is 0 Å². The van der Waals surface area contributed by atoms with E-state index >= 15 is 0 Å². The number of piperidine rings is 1. The van der Waals surface area contributed by atoms with E-state index < -0.39 is 11.9 Å². The number of amides is 3. The molecule has 4 aromatic rings. The van der Waals surface area contributed by atoms with Crippen molar-refractivity contribution in [3.05, 3.63) is 72.2 Å². The van der Waals surface area contributed by atoms with Crippen molar-refractivity contribution in [2.45, 2.75) is 25.4 Å². The van der Waals surface area contributed by atoms with Gasteiger partial charge in [0.2, 0.25) is 11.8 Å². The number of hydrogen-bond donors (Lipinski definition) is 1. The molecule has 0 saturated carbocycles. The van der Waals surface area contributed by atoms with Crippen molar-refractivity contribution in [3.63, 3.8) is 0 Å². The third kappa shape index (κ3) is 3.18. The molecule has 6 rings (SSSR count). The third-order valence-electron chi connectivity index (χ3n) is 6.60. The molecule has 0 aliphatic carbocycles. The first-order chi connectivity index (χ1) is 16.5. The van der Waals surface area contributed by atoms with Crippen molar-refractivity contribution >= 4 is 28.5 Å². The number of nitrogens with one attached hydrogen (secondary N) is 1. The van der Waals surface area contributed by atoms with Gasteiger partial charge in [-0.15, -0.1) is 0 Å². The highest BCUT2D eigenvalue weighted by Crippen LogP contribution is 2.33. The number of rotatable bonds is 3. The minimum Gasteiger partial charge on any atom is -0.333 e. The van der Waals surface area contributed by atoms with Gasteiger partial charge in [-0.1, -0.05) is 30.3 Å². The Labute approximate surface area is 195 Å². The fraction of sp³-hybridized carbons (Fsp3) is 0.192. The molecule has 2 aliphatic rings. The van der Waals surface area contributed by atoms with Crippen molar-refractivity contribution in [1.29, 1.82) is 0 Å². The predicted molar refractivity (Wildman–Crippen MR) is 125 cm³/mol. The Hall–Kier alpha value is -4.33. The van der Waals surface area contributed by atoms with E-state index in [-0.39, 0.29) is 18.2 Å². The van der Waals surface area contributed by atoms with Crippen LogP contribution in [0.1, 0.15) is 28.8 Å². The summed E-state index contributed by atoms with van der Waals surface area (Å²) in [6, 6.07) is 13.1. The lowest BCUT2D eigenvalue weighted by molar-refractivity contribution is -0.136. The monoisotopic (exact) mass is 451 g/mol. The van der Waals surface area contributed by atoms with Crippen molar-refractivity contribution in [1.82, 2.24) is 24.8 Å². The number of aryl methyl sites for hydroxylation is 1. The van der Waals surface area contributed by atoms with E-state index in [0.717, 1.165) is 39.0 Å². The van der Waals surface area contributed by atoms with E-state index in [1.54, 1.807) is 11.0 Å². The molecule has 0 radical (unpaired) electrons. The van der Waals surface area contributed by atoms with Gasteiger partial charge in [0.25, 0.3) is 5.91 Å². The van der Waals surface area contributed by atoms with E-state index in [1.165, 1.54) is 0 Å². The summed E-state index contributed by atoms with van der Waals surface area (Å²) in [6.07, 6.45) is 6.22. The number of carbonyl (C=O) groups excluding carboxylic acids is 3. The molecule has 2 aromatic carbocycles. The molecule has 1 atom stereocenters. The fourth-order valence-corrected chi connectivity index (χ4v) is 4.88. The summed E-state index contributed by atoms with van der Waals surface area (Å²) in [5.74, 6) is -0.0728. The second-order valence-corrected chi connectivity index (χ2v) is 8.74. The lowest BCUT2D eigenvalue weighted by Crippen LogP contribution is -2.52. The van der Waals surface area contributed by atoms with Crippen molar-refractivity contribution in [3.8, 4) is 22.6 Å². The normalized spacial score (nSPS) is 17.9. The number of fused-ring (bicyclic) bond motifs is 2. The molecule has 4 heterocycles. The fourth-order valence-electron chi connectivity index (χ4n) is 4.88. The van der Waals surface area contributed by atoms with Crippen molar-refractivity contribution in [2.75, 3.05) is 0 Å². The van der Waals surface area contributed by atoms with Crippen LogP contribution in [0.15, 0.2) is 61.1 Å². The van der Waals surface area contributed by atoms with Crippen LogP contribution in [0.2, 0.25) is 0 Å². The van der Waals surface area contributed by atoms with Crippen LogP contribution in [0, 0.1) is 0 Å². The summed E-state index contributed by atoms with van der Waals surface area (Å²) in [7, 11) is 1.95. The Morgan fingerprint density at radius 3 is 2.74 bits per heavy atom. The topological polar surface area (TPSA) is 97.2 Å². The second-order valence-electron chi connectivity index (χ2n) is 8.74. The van der Waals surface area contributed by atoms with Crippen LogP contribution in [0.25, 0.3) is 33.4 Å². The van der Waals surface area contributed by atoms with E-state index in [1.807, 2.05) is 60.5 Å². The molecular formula is C26H21N5O3. The molecule has 1 saturated heterocycles. The smallest absolute Gasteiger partial charge is 0.255 e. The first-order valence-electron chi connectivity index (χ1n) is 11.1. The van der Waals surface area contributed by atoms with E-state index in [0.29, 0.717) is 18.5 Å². The number of carbonyl (C=O) groups is 3. The third-order valence-corrected chi connectivity index (χ3v) is 6.60. The van der Waals surface area contributed by atoms with Crippen LogP contribution < -0.4 is 5.32 Å². The Morgan fingerprint density at radius 1 is 1.03 bits per heavy atom. The summed E-state index contributed by atoms with van der Waals surface area (Å²) in [4.78, 5) is 47.6. The van der Waals surface area contributed by atoms with Crippen molar-refractivity contribution in [2.24, 2.45) is 7.05 Å². The van der Waals surface area contributed by atoms with Crippen LogP contribution in [-0.2, 0) is 23.2 Å². The molecule has 8 heteroatoms. The van der Waals surface area contributed by atoms with Gasteiger partial charge in [-0.2, -0.15) is 0 Å². The highest BCUT2D eigenvalue weighted by Gasteiger charge is 2.39. The number of aromatic nitrogens is 3. The van der Waals surface area contributed by atoms with Crippen LogP contribution in [0.4, 0.5) is 0 Å². The molecule has 2 aromatic heterocycles. The predicted octanol–water partition coefficient (Wildman–Crippen LogP) is 3.06. The Morgan fingerprint density at radius 2 is 1.88 bits per heavy atom. The second kappa shape index (κ2) is 7.62. The summed E-state index contributed by atoms with van der Waals surface area (Å²) in [6.45, 7) is 0.335. The van der Waals surface area contributed by atoms with E-state index in [2.05, 4.69) is 16.4 Å². The summed E-state index contributed by atoms with van der Waals surface area (Å²) in [5, 5.41) is 4.47. The molecule has 3 amide bonds. The number of nitrogens with zero attached hydrogens (tertiary/aromatic N) is 4. The molecule has 168 valence electrons. The average Bonchev–Trinajstić information content (AvgIpc) is 3.38. The minimum atomic E-state index is -0.624. The van der Waals surface area contributed by atoms with Crippen molar-refractivity contribution < 1.29 is 14.4 Å². The van der Waals surface area contributed by atoms with Gasteiger partial charge < -0.3 is 9.47 Å².